The van der Waals surface area contributed by atoms with E-state index >= 15 is 4.39 Å². The summed E-state index contributed by atoms with van der Waals surface area (Å²) in [5.74, 6) is -0.801. The zero-order chi connectivity index (χ0) is 32.7. The quantitative estimate of drug-likeness (QED) is 0.305. The van der Waals surface area contributed by atoms with E-state index in [0.717, 1.165) is 12.8 Å². The van der Waals surface area contributed by atoms with E-state index in [-0.39, 0.29) is 40.9 Å². The molecule has 45 heavy (non-hydrogen) atoms. The summed E-state index contributed by atoms with van der Waals surface area (Å²) >= 11 is 0. The largest absolute Gasteiger partial charge is 0.494 e. The summed E-state index contributed by atoms with van der Waals surface area (Å²) in [5, 5.41) is 30.0. The second-order valence-corrected chi connectivity index (χ2v) is 14.0. The van der Waals surface area contributed by atoms with Gasteiger partial charge in [0.25, 0.3) is 0 Å². The topological polar surface area (TPSA) is 141 Å². The van der Waals surface area contributed by atoms with Crippen LogP contribution < -0.4 is 10.2 Å². The van der Waals surface area contributed by atoms with Crippen LogP contribution in [0.1, 0.15) is 90.5 Å². The molecule has 1 aliphatic heterocycles. The summed E-state index contributed by atoms with van der Waals surface area (Å²) in [7, 11) is -1.39. The molecule has 5 rings (SSSR count). The van der Waals surface area contributed by atoms with Crippen LogP contribution in [0.5, 0.6) is 5.75 Å². The highest BCUT2D eigenvalue weighted by Gasteiger charge is 2.59. The van der Waals surface area contributed by atoms with Crippen LogP contribution >= 0.6 is 0 Å². The second-order valence-electron chi connectivity index (χ2n) is 14.0. The van der Waals surface area contributed by atoms with Crippen molar-refractivity contribution in [2.24, 2.45) is 28.1 Å². The highest BCUT2D eigenvalue weighted by atomic mass is 19.1. The van der Waals surface area contributed by atoms with E-state index in [1.54, 1.807) is 26.0 Å². The molecule has 3 aliphatic rings. The van der Waals surface area contributed by atoms with Gasteiger partial charge in [-0.05, 0) is 74.0 Å². The minimum Gasteiger partial charge on any atom is -0.479 e. The third-order valence-electron chi connectivity index (χ3n) is 11.0. The summed E-state index contributed by atoms with van der Waals surface area (Å²) in [4.78, 5) is 25.6. The number of Topliss-reactive ketones (excluding diaryl/α,β-unsaturated/α-hetero) is 1. The summed E-state index contributed by atoms with van der Waals surface area (Å²) < 4.78 is 37.6. The van der Waals surface area contributed by atoms with E-state index in [4.69, 9.17) is 18.5 Å². The molecular formula is C33H44BFN2O8. The van der Waals surface area contributed by atoms with Crippen molar-refractivity contribution in [3.05, 3.63) is 41.4 Å². The third kappa shape index (κ3) is 6.46. The zero-order valence-corrected chi connectivity index (χ0v) is 27.0. The van der Waals surface area contributed by atoms with Gasteiger partial charge in [0.05, 0.1) is 12.7 Å². The van der Waals surface area contributed by atoms with Crippen molar-refractivity contribution >= 4 is 30.4 Å². The van der Waals surface area contributed by atoms with Crippen molar-refractivity contribution in [2.45, 2.75) is 98.9 Å². The Morgan fingerprint density at radius 1 is 1.24 bits per heavy atom. The molecule has 2 bridgehead atoms. The van der Waals surface area contributed by atoms with E-state index in [1.165, 1.54) is 6.07 Å². The van der Waals surface area contributed by atoms with Gasteiger partial charge in [-0.2, -0.15) is 0 Å². The van der Waals surface area contributed by atoms with Gasteiger partial charge in [-0.15, -0.1) is 10.2 Å². The molecule has 0 unspecified atom stereocenters. The Balaban J connectivity index is 1.46. The number of aryl methyl sites for hydroxylation is 1. The fourth-order valence-electron chi connectivity index (χ4n) is 7.88. The van der Waals surface area contributed by atoms with Crippen molar-refractivity contribution in [3.8, 4) is 5.75 Å². The lowest BCUT2D eigenvalue weighted by Gasteiger charge is -2.60. The summed E-state index contributed by atoms with van der Waals surface area (Å²) in [6.07, 6.45) is 5.78. The Labute approximate surface area is 263 Å². The Morgan fingerprint density at radius 3 is 2.69 bits per heavy atom. The number of fused-ring (bicyclic) bond motifs is 3. The molecule has 1 aromatic carbocycles. The van der Waals surface area contributed by atoms with Gasteiger partial charge in [0, 0.05) is 29.6 Å². The maximum Gasteiger partial charge on any atom is 0.494 e. The minimum absolute atomic E-state index is 0.00781. The smallest absolute Gasteiger partial charge is 0.479 e. The second kappa shape index (κ2) is 12.6. The number of nitrogens with zero attached hydrogens (tertiary/aromatic N) is 2. The highest BCUT2D eigenvalue weighted by Crippen LogP contribution is 2.62. The normalized spacial score (nSPS) is 33.0. The summed E-state index contributed by atoms with van der Waals surface area (Å²) in [6.45, 7) is 11.1. The van der Waals surface area contributed by atoms with Gasteiger partial charge in [-0.1, -0.05) is 39.8 Å². The molecule has 2 aromatic rings. The van der Waals surface area contributed by atoms with E-state index in [0.29, 0.717) is 43.0 Å². The van der Waals surface area contributed by atoms with Crippen molar-refractivity contribution in [3.63, 3.8) is 0 Å². The lowest BCUT2D eigenvalue weighted by Crippen LogP contribution is -2.58. The number of aromatic nitrogens is 2. The van der Waals surface area contributed by atoms with Crippen LogP contribution in [-0.2, 0) is 25.6 Å². The lowest BCUT2D eigenvalue weighted by atomic mass is 9.47. The first-order chi connectivity index (χ1) is 21.2. The minimum atomic E-state index is -1.39. The van der Waals surface area contributed by atoms with Crippen LogP contribution in [0.2, 0.25) is 0 Å². The number of carbonyl (C=O) groups excluding carboxylic acids is 2. The van der Waals surface area contributed by atoms with E-state index < -0.39 is 48.5 Å². The number of ketones is 1. The van der Waals surface area contributed by atoms with E-state index in [1.807, 2.05) is 13.0 Å². The highest BCUT2D eigenvalue weighted by molar-refractivity contribution is 6.61. The molecule has 1 aromatic heterocycles. The van der Waals surface area contributed by atoms with Crippen LogP contribution in [0.15, 0.2) is 22.6 Å². The lowest BCUT2D eigenvalue weighted by molar-refractivity contribution is -0.190. The fourth-order valence-corrected chi connectivity index (χ4v) is 7.88. The molecule has 0 spiro atoms. The molecule has 2 fully saturated rings. The van der Waals surface area contributed by atoms with Crippen LogP contribution in [-0.4, -0.2) is 58.0 Å². The Bertz CT molecular complexity index is 1470. The number of aliphatic hydroxyl groups is 1. The zero-order valence-electron chi connectivity index (χ0n) is 27.0. The monoisotopic (exact) mass is 626 g/mol. The van der Waals surface area contributed by atoms with Crippen molar-refractivity contribution in [1.29, 1.82) is 0 Å². The molecule has 2 aliphatic carbocycles. The van der Waals surface area contributed by atoms with Crippen LogP contribution in [0.25, 0.3) is 6.08 Å². The molecule has 244 valence electrons. The first-order valence-corrected chi connectivity index (χ1v) is 15.8. The number of benzene rings is 1. The average Bonchev–Trinajstić information content (AvgIpc) is 3.60. The molecule has 7 atom stereocenters. The average molecular weight is 627 g/mol. The first kappa shape index (κ1) is 33.3. The van der Waals surface area contributed by atoms with Gasteiger partial charge in [0.15, 0.2) is 18.2 Å². The number of ether oxygens (including phenoxy) is 2. The molecule has 2 saturated carbocycles. The van der Waals surface area contributed by atoms with E-state index in [9.17, 15) is 19.7 Å². The number of esters is 1. The Morgan fingerprint density at radius 2 is 2.00 bits per heavy atom. The maximum atomic E-state index is 15.1. The molecule has 12 heteroatoms. The number of hydrogen-bond donors (Lipinski definition) is 2. The number of rotatable bonds is 9. The molecular weight excluding hydrogens is 582 g/mol. The molecule has 0 saturated heterocycles. The van der Waals surface area contributed by atoms with Crippen LogP contribution in [0.4, 0.5) is 4.39 Å². The number of hydrogen-bond acceptors (Lipinski definition) is 10. The van der Waals surface area contributed by atoms with Crippen molar-refractivity contribution in [1.82, 2.24) is 10.2 Å². The van der Waals surface area contributed by atoms with Gasteiger partial charge >= 0.3 is 13.1 Å². The number of carbonyl (C=O) groups is 2. The van der Waals surface area contributed by atoms with Crippen LogP contribution in [0.3, 0.4) is 0 Å². The first-order valence-electron chi connectivity index (χ1n) is 15.8. The van der Waals surface area contributed by atoms with Crippen molar-refractivity contribution < 1.29 is 42.7 Å². The number of aliphatic hydroxyl groups excluding tert-OH is 1. The molecule has 0 amide bonds. The fraction of sp³-hybridized carbons (Fsp3) is 0.636. The van der Waals surface area contributed by atoms with E-state index in [2.05, 4.69) is 31.0 Å². The Kier molecular flexibility index (Phi) is 9.32. The predicted molar refractivity (Wildman–Crippen MR) is 164 cm³/mol. The SMILES string of the molecule is CC(=O)CC[C@]12CC[C@@H](C)[C@](C)(C1)[C@H](OC(=O)COc1ccc3c(c1F)B(O)OC3)C[C@@](C)(/C=C/c1nnc(C)o1)[C@@H](O)[C@@H]2C. The molecule has 2 N–H and O–H groups in total. The molecule has 0 radical (unpaired) electrons. The van der Waals surface area contributed by atoms with Gasteiger partial charge in [-0.25, -0.2) is 9.18 Å². The van der Waals surface area contributed by atoms with Gasteiger partial charge in [0.1, 0.15) is 11.9 Å². The third-order valence-corrected chi connectivity index (χ3v) is 11.0. The molecule has 2 heterocycles. The summed E-state index contributed by atoms with van der Waals surface area (Å²) in [5.41, 5.74) is -1.20. The molecule has 10 nitrogen and oxygen atoms in total. The van der Waals surface area contributed by atoms with Crippen molar-refractivity contribution in [2.75, 3.05) is 6.61 Å². The number of halogens is 1. The summed E-state index contributed by atoms with van der Waals surface area (Å²) in [6, 6.07) is 3.01. The van der Waals surface area contributed by atoms with Gasteiger partial charge in [0.2, 0.25) is 11.8 Å². The van der Waals surface area contributed by atoms with Crippen LogP contribution in [0, 0.1) is 40.8 Å². The Hall–Kier alpha value is -3.09. The van der Waals surface area contributed by atoms with Gasteiger partial charge in [-0.3, -0.25) is 0 Å². The standard InChI is InChI=1S/C33H44BFN2O8/c1-19-9-13-33(14-10-20(2)38)18-32(19,6)25(15-31(5,30(40)21(33)3)12-11-26-37-36-22(4)44-26)45-27(39)17-42-24-8-7-23-16-43-34(41)28(23)29(24)35/h7-8,11-12,19,21,25,30,40-41H,9-10,13-18H2,1-6H3/b12-11+/t19-,21+,25-,30+,31-,32+,33-/m1/s1. The van der Waals surface area contributed by atoms with Gasteiger partial charge < -0.3 is 33.5 Å². The maximum absolute atomic E-state index is 15.1. The predicted octanol–water partition coefficient (Wildman–Crippen LogP) is 4.33.